The summed E-state index contributed by atoms with van der Waals surface area (Å²) in [4.78, 5) is 10.3. The van der Waals surface area contributed by atoms with Crippen LogP contribution in [-0.2, 0) is 11.2 Å². The molecule has 0 atom stereocenters. The van der Waals surface area contributed by atoms with Crippen LogP contribution in [0.1, 0.15) is 32.0 Å². The molecule has 1 aromatic heterocycles. The molecule has 72 valence electrons. The van der Waals surface area contributed by atoms with Crippen molar-refractivity contribution in [3.8, 4) is 0 Å². The van der Waals surface area contributed by atoms with E-state index in [2.05, 4.69) is 5.10 Å². The Hall–Kier alpha value is -1.32. The molecule has 1 aromatic rings. The van der Waals surface area contributed by atoms with Gasteiger partial charge in [0.1, 0.15) is 0 Å². The average Bonchev–Trinajstić information content (AvgIpc) is 2.47. The number of carboxylic acids is 1. The van der Waals surface area contributed by atoms with Crippen molar-refractivity contribution in [1.29, 1.82) is 0 Å². The molecule has 0 fully saturated rings. The van der Waals surface area contributed by atoms with Gasteiger partial charge in [-0.1, -0.05) is 0 Å². The SMILES string of the molecule is CC(C)n1nccc1CCC(=O)O. The highest BCUT2D eigenvalue weighted by Gasteiger charge is 2.06. The van der Waals surface area contributed by atoms with Crippen LogP contribution in [0, 0.1) is 0 Å². The molecule has 0 spiro atoms. The van der Waals surface area contributed by atoms with Gasteiger partial charge in [0.2, 0.25) is 0 Å². The average molecular weight is 182 g/mol. The van der Waals surface area contributed by atoms with Gasteiger partial charge in [0.05, 0.1) is 6.42 Å². The Morgan fingerprint density at radius 1 is 1.69 bits per heavy atom. The van der Waals surface area contributed by atoms with Crippen LogP contribution in [0.3, 0.4) is 0 Å². The maximum absolute atomic E-state index is 10.3. The van der Waals surface area contributed by atoms with E-state index in [-0.39, 0.29) is 6.42 Å². The number of hydrogen-bond acceptors (Lipinski definition) is 2. The van der Waals surface area contributed by atoms with Crippen molar-refractivity contribution in [3.05, 3.63) is 18.0 Å². The number of nitrogens with zero attached hydrogens (tertiary/aromatic N) is 2. The summed E-state index contributed by atoms with van der Waals surface area (Å²) in [6.45, 7) is 4.05. The number of aromatic nitrogens is 2. The molecule has 0 radical (unpaired) electrons. The number of carboxylic acid groups (broad SMARTS) is 1. The number of aliphatic carboxylic acids is 1. The van der Waals surface area contributed by atoms with Gasteiger partial charge in [0.25, 0.3) is 0 Å². The second kappa shape index (κ2) is 4.07. The predicted molar refractivity (Wildman–Crippen MR) is 48.6 cm³/mol. The highest BCUT2D eigenvalue weighted by Crippen LogP contribution is 2.09. The Kier molecular flexibility index (Phi) is 3.06. The number of rotatable bonds is 4. The minimum absolute atomic E-state index is 0.165. The van der Waals surface area contributed by atoms with Crippen molar-refractivity contribution >= 4 is 5.97 Å². The fourth-order valence-electron chi connectivity index (χ4n) is 1.24. The summed E-state index contributed by atoms with van der Waals surface area (Å²) in [7, 11) is 0. The minimum atomic E-state index is -0.767. The molecule has 1 N–H and O–H groups in total. The summed E-state index contributed by atoms with van der Waals surface area (Å²) in [6.07, 6.45) is 2.42. The third-order valence-corrected chi connectivity index (χ3v) is 1.84. The molecular formula is C9H14N2O2. The highest BCUT2D eigenvalue weighted by molar-refractivity contribution is 5.66. The van der Waals surface area contributed by atoms with Gasteiger partial charge in [0, 0.05) is 17.9 Å². The lowest BCUT2D eigenvalue weighted by Gasteiger charge is -2.09. The lowest BCUT2D eigenvalue weighted by Crippen LogP contribution is -2.09. The van der Waals surface area contributed by atoms with Crippen molar-refractivity contribution in [2.45, 2.75) is 32.7 Å². The molecule has 0 aliphatic rings. The maximum atomic E-state index is 10.3. The third kappa shape index (κ3) is 2.57. The fourth-order valence-corrected chi connectivity index (χ4v) is 1.24. The maximum Gasteiger partial charge on any atom is 0.303 e. The minimum Gasteiger partial charge on any atom is -0.481 e. The van der Waals surface area contributed by atoms with E-state index in [1.807, 2.05) is 24.6 Å². The van der Waals surface area contributed by atoms with E-state index < -0.39 is 5.97 Å². The fraction of sp³-hybridized carbons (Fsp3) is 0.556. The van der Waals surface area contributed by atoms with E-state index in [1.54, 1.807) is 6.20 Å². The monoisotopic (exact) mass is 182 g/mol. The van der Waals surface area contributed by atoms with E-state index in [0.717, 1.165) is 5.69 Å². The molecule has 0 saturated heterocycles. The third-order valence-electron chi connectivity index (χ3n) is 1.84. The Balaban J connectivity index is 2.65. The van der Waals surface area contributed by atoms with Crippen molar-refractivity contribution in [3.63, 3.8) is 0 Å². The smallest absolute Gasteiger partial charge is 0.303 e. The summed E-state index contributed by atoms with van der Waals surface area (Å²) < 4.78 is 1.85. The van der Waals surface area contributed by atoms with Crippen LogP contribution in [0.15, 0.2) is 12.3 Å². The van der Waals surface area contributed by atoms with Crippen LogP contribution in [0.5, 0.6) is 0 Å². The number of carbonyl (C=O) groups is 1. The topological polar surface area (TPSA) is 55.1 Å². The summed E-state index contributed by atoms with van der Waals surface area (Å²) in [5, 5.41) is 12.6. The zero-order valence-electron chi connectivity index (χ0n) is 7.90. The van der Waals surface area contributed by atoms with Gasteiger partial charge >= 0.3 is 5.97 Å². The zero-order valence-corrected chi connectivity index (χ0v) is 7.90. The van der Waals surface area contributed by atoms with Crippen LogP contribution in [-0.4, -0.2) is 20.9 Å². The van der Waals surface area contributed by atoms with Gasteiger partial charge in [0.15, 0.2) is 0 Å². The lowest BCUT2D eigenvalue weighted by atomic mass is 10.2. The largest absolute Gasteiger partial charge is 0.481 e. The molecule has 4 nitrogen and oxygen atoms in total. The van der Waals surface area contributed by atoms with Gasteiger partial charge in [-0.25, -0.2) is 0 Å². The van der Waals surface area contributed by atoms with Gasteiger partial charge in [-0.05, 0) is 26.3 Å². The summed E-state index contributed by atoms with van der Waals surface area (Å²) in [6, 6.07) is 2.15. The van der Waals surface area contributed by atoms with Crippen LogP contribution < -0.4 is 0 Å². The molecule has 0 aromatic carbocycles. The normalized spacial score (nSPS) is 10.7. The van der Waals surface area contributed by atoms with E-state index >= 15 is 0 Å². The van der Waals surface area contributed by atoms with E-state index in [1.165, 1.54) is 0 Å². The van der Waals surface area contributed by atoms with Crippen LogP contribution >= 0.6 is 0 Å². The van der Waals surface area contributed by atoms with Crippen molar-refractivity contribution in [2.75, 3.05) is 0 Å². The molecule has 0 aliphatic carbocycles. The first-order valence-electron chi connectivity index (χ1n) is 4.35. The first kappa shape index (κ1) is 9.77. The van der Waals surface area contributed by atoms with Gasteiger partial charge in [-0.2, -0.15) is 5.10 Å². The Morgan fingerprint density at radius 2 is 2.38 bits per heavy atom. The van der Waals surface area contributed by atoms with E-state index in [4.69, 9.17) is 5.11 Å². The molecule has 0 saturated carbocycles. The van der Waals surface area contributed by atoms with E-state index in [0.29, 0.717) is 12.5 Å². The van der Waals surface area contributed by atoms with Crippen LogP contribution in [0.25, 0.3) is 0 Å². The molecule has 0 bridgehead atoms. The van der Waals surface area contributed by atoms with Crippen LogP contribution in [0.4, 0.5) is 0 Å². The zero-order chi connectivity index (χ0) is 9.84. The molecule has 1 heterocycles. The van der Waals surface area contributed by atoms with Crippen molar-refractivity contribution < 1.29 is 9.90 Å². The molecule has 4 heteroatoms. The Morgan fingerprint density at radius 3 is 2.92 bits per heavy atom. The Bertz CT molecular complexity index is 292. The van der Waals surface area contributed by atoms with Crippen LogP contribution in [0.2, 0.25) is 0 Å². The summed E-state index contributed by atoms with van der Waals surface area (Å²) in [5.74, 6) is -0.767. The molecular weight excluding hydrogens is 168 g/mol. The quantitative estimate of drug-likeness (QED) is 0.767. The number of hydrogen-bond donors (Lipinski definition) is 1. The van der Waals surface area contributed by atoms with Gasteiger partial charge < -0.3 is 5.11 Å². The number of aryl methyl sites for hydroxylation is 1. The standard InChI is InChI=1S/C9H14N2O2/c1-7(2)11-8(5-6-10-11)3-4-9(12)13/h5-7H,3-4H2,1-2H3,(H,12,13). The highest BCUT2D eigenvalue weighted by atomic mass is 16.4. The second-order valence-corrected chi connectivity index (χ2v) is 3.25. The predicted octanol–water partition coefficient (Wildman–Crippen LogP) is 1.48. The van der Waals surface area contributed by atoms with E-state index in [9.17, 15) is 4.79 Å². The lowest BCUT2D eigenvalue weighted by molar-refractivity contribution is -0.137. The first-order valence-corrected chi connectivity index (χ1v) is 4.35. The molecule has 0 aliphatic heterocycles. The summed E-state index contributed by atoms with van der Waals surface area (Å²) in [5.41, 5.74) is 0.984. The second-order valence-electron chi connectivity index (χ2n) is 3.25. The molecule has 1 rings (SSSR count). The van der Waals surface area contributed by atoms with Gasteiger partial charge in [-0.15, -0.1) is 0 Å². The Labute approximate surface area is 77.2 Å². The van der Waals surface area contributed by atoms with Crippen molar-refractivity contribution in [2.24, 2.45) is 0 Å². The van der Waals surface area contributed by atoms with Gasteiger partial charge in [-0.3, -0.25) is 9.48 Å². The van der Waals surface area contributed by atoms with Crippen molar-refractivity contribution in [1.82, 2.24) is 9.78 Å². The molecule has 0 amide bonds. The molecule has 0 unspecified atom stereocenters. The first-order chi connectivity index (χ1) is 6.11. The molecule has 13 heavy (non-hydrogen) atoms. The summed E-state index contributed by atoms with van der Waals surface area (Å²) >= 11 is 0.